The number of rotatable bonds is 1. The number of benzene rings is 1. The summed E-state index contributed by atoms with van der Waals surface area (Å²) in [7, 11) is 6.51. The Balaban J connectivity index is 2.53. The monoisotopic (exact) mass is 288 g/mol. The van der Waals surface area contributed by atoms with E-state index in [1.165, 1.54) is 11.5 Å². The SMILES string of the molecule is Cc1nc2c3ccc(Cl)cc3cc(C)n2c1[N+](C)(C)C. The van der Waals surface area contributed by atoms with Crippen molar-refractivity contribution in [3.8, 4) is 0 Å². The van der Waals surface area contributed by atoms with Crippen molar-refractivity contribution < 1.29 is 0 Å². The number of hydrogen-bond donors (Lipinski definition) is 0. The van der Waals surface area contributed by atoms with E-state index in [0.717, 1.165) is 31.6 Å². The van der Waals surface area contributed by atoms with Crippen molar-refractivity contribution in [3.05, 3.63) is 40.7 Å². The van der Waals surface area contributed by atoms with Gasteiger partial charge in [0.1, 0.15) is 11.3 Å². The largest absolute Gasteiger partial charge is 0.281 e. The van der Waals surface area contributed by atoms with Gasteiger partial charge in [0.2, 0.25) is 5.82 Å². The minimum Gasteiger partial charge on any atom is -0.281 e. The van der Waals surface area contributed by atoms with Gasteiger partial charge >= 0.3 is 0 Å². The van der Waals surface area contributed by atoms with Crippen LogP contribution in [0.3, 0.4) is 0 Å². The highest BCUT2D eigenvalue weighted by atomic mass is 35.5. The number of fused-ring (bicyclic) bond motifs is 3. The number of halogens is 1. The van der Waals surface area contributed by atoms with Crippen LogP contribution in [-0.4, -0.2) is 30.5 Å². The molecule has 0 fully saturated rings. The third-order valence-electron chi connectivity index (χ3n) is 3.63. The minimum atomic E-state index is 0.743. The molecule has 0 radical (unpaired) electrons. The van der Waals surface area contributed by atoms with Crippen molar-refractivity contribution >= 4 is 33.8 Å². The Morgan fingerprint density at radius 3 is 2.45 bits per heavy atom. The minimum absolute atomic E-state index is 0.743. The van der Waals surface area contributed by atoms with Crippen LogP contribution in [-0.2, 0) is 0 Å². The molecule has 3 aromatic rings. The van der Waals surface area contributed by atoms with Crippen molar-refractivity contribution in [2.45, 2.75) is 13.8 Å². The molecule has 104 valence electrons. The van der Waals surface area contributed by atoms with Crippen molar-refractivity contribution in [1.29, 1.82) is 0 Å². The van der Waals surface area contributed by atoms with E-state index >= 15 is 0 Å². The lowest BCUT2D eigenvalue weighted by Crippen LogP contribution is -2.36. The molecule has 3 nitrogen and oxygen atoms in total. The zero-order valence-corrected chi connectivity index (χ0v) is 13.3. The molecule has 0 spiro atoms. The third-order valence-corrected chi connectivity index (χ3v) is 3.86. The molecule has 0 aliphatic rings. The van der Waals surface area contributed by atoms with Crippen LogP contribution in [0.5, 0.6) is 0 Å². The lowest BCUT2D eigenvalue weighted by molar-refractivity contribution is 0.466. The molecule has 0 N–H and O–H groups in total. The second-order valence-corrected chi connectivity index (χ2v) is 6.65. The van der Waals surface area contributed by atoms with Gasteiger partial charge in [-0.3, -0.25) is 8.88 Å². The Hall–Kier alpha value is -1.58. The highest BCUT2D eigenvalue weighted by molar-refractivity contribution is 6.31. The first-order chi connectivity index (χ1) is 9.29. The van der Waals surface area contributed by atoms with Crippen LogP contribution < -0.4 is 4.48 Å². The summed E-state index contributed by atoms with van der Waals surface area (Å²) in [5.74, 6) is 1.22. The quantitative estimate of drug-likeness (QED) is 0.620. The van der Waals surface area contributed by atoms with Gasteiger partial charge in [-0.05, 0) is 43.5 Å². The molecule has 2 aromatic heterocycles. The maximum atomic E-state index is 6.10. The van der Waals surface area contributed by atoms with Gasteiger partial charge in [0.15, 0.2) is 0 Å². The Bertz CT molecular complexity index is 825. The van der Waals surface area contributed by atoms with Gasteiger partial charge in [0.25, 0.3) is 0 Å². The predicted molar refractivity (Wildman–Crippen MR) is 86.7 cm³/mol. The standard InChI is InChI=1S/C16H19ClN3/c1-10-8-12-9-13(17)6-7-14(12)15-18-11(2)16(19(10)15)20(3,4)5/h6-9H,1-5H3/q+1. The van der Waals surface area contributed by atoms with Gasteiger partial charge in [-0.25, -0.2) is 4.98 Å². The molecule has 0 saturated carbocycles. The number of aryl methyl sites for hydroxylation is 2. The van der Waals surface area contributed by atoms with E-state index in [9.17, 15) is 0 Å². The smallest absolute Gasteiger partial charge is 0.235 e. The first kappa shape index (κ1) is 13.4. The van der Waals surface area contributed by atoms with Gasteiger partial charge in [-0.15, -0.1) is 0 Å². The van der Waals surface area contributed by atoms with Gasteiger partial charge in [-0.1, -0.05) is 11.6 Å². The van der Waals surface area contributed by atoms with Crippen molar-refractivity contribution in [2.24, 2.45) is 0 Å². The zero-order chi connectivity index (χ0) is 14.7. The Morgan fingerprint density at radius 2 is 1.80 bits per heavy atom. The van der Waals surface area contributed by atoms with Crippen LogP contribution in [0, 0.1) is 13.8 Å². The summed E-state index contributed by atoms with van der Waals surface area (Å²) in [6.45, 7) is 4.20. The van der Waals surface area contributed by atoms with Crippen LogP contribution in [0.2, 0.25) is 5.02 Å². The lowest BCUT2D eigenvalue weighted by Gasteiger charge is -2.24. The number of pyridine rings is 1. The molecule has 0 bridgehead atoms. The molecule has 0 atom stereocenters. The molecular formula is C16H19ClN3+. The number of quaternary nitrogens is 1. The topological polar surface area (TPSA) is 17.3 Å². The van der Waals surface area contributed by atoms with E-state index in [2.05, 4.69) is 51.5 Å². The van der Waals surface area contributed by atoms with Crippen LogP contribution in [0.25, 0.3) is 16.4 Å². The summed E-state index contributed by atoms with van der Waals surface area (Å²) >= 11 is 6.10. The predicted octanol–water partition coefficient (Wildman–Crippen LogP) is 3.95. The number of imidazole rings is 1. The van der Waals surface area contributed by atoms with E-state index in [4.69, 9.17) is 16.6 Å². The maximum absolute atomic E-state index is 6.10. The lowest BCUT2D eigenvalue weighted by atomic mass is 10.1. The Kier molecular flexibility index (Phi) is 2.82. The van der Waals surface area contributed by atoms with Crippen LogP contribution in [0.15, 0.2) is 24.3 Å². The van der Waals surface area contributed by atoms with E-state index in [0.29, 0.717) is 0 Å². The molecule has 0 aliphatic carbocycles. The average Bonchev–Trinajstić information content (AvgIpc) is 2.66. The number of aromatic nitrogens is 2. The van der Waals surface area contributed by atoms with Crippen molar-refractivity contribution in [3.63, 3.8) is 0 Å². The summed E-state index contributed by atoms with van der Waals surface area (Å²) in [5.41, 5.74) is 3.26. The summed E-state index contributed by atoms with van der Waals surface area (Å²) in [6, 6.07) is 8.15. The fourth-order valence-corrected chi connectivity index (χ4v) is 3.15. The average molecular weight is 289 g/mol. The maximum Gasteiger partial charge on any atom is 0.235 e. The molecule has 0 unspecified atom stereocenters. The van der Waals surface area contributed by atoms with Crippen molar-refractivity contribution in [1.82, 2.24) is 13.9 Å². The molecule has 0 aliphatic heterocycles. The summed E-state index contributed by atoms with van der Waals surface area (Å²) in [5, 5.41) is 3.04. The first-order valence-electron chi connectivity index (χ1n) is 6.69. The fraction of sp³-hybridized carbons (Fsp3) is 0.312. The molecule has 20 heavy (non-hydrogen) atoms. The van der Waals surface area contributed by atoms with Gasteiger partial charge in [0.05, 0.1) is 21.1 Å². The van der Waals surface area contributed by atoms with Crippen LogP contribution >= 0.6 is 11.6 Å². The first-order valence-corrected chi connectivity index (χ1v) is 7.07. The summed E-state index contributed by atoms with van der Waals surface area (Å²) in [6.07, 6.45) is 0. The second-order valence-electron chi connectivity index (χ2n) is 6.21. The number of nitrogens with zero attached hydrogens (tertiary/aromatic N) is 3. The van der Waals surface area contributed by atoms with E-state index in [1.807, 2.05) is 12.1 Å². The highest BCUT2D eigenvalue weighted by Gasteiger charge is 2.24. The van der Waals surface area contributed by atoms with Gasteiger partial charge < -0.3 is 0 Å². The molecule has 4 heteroatoms. The van der Waals surface area contributed by atoms with E-state index in [1.54, 1.807) is 0 Å². The van der Waals surface area contributed by atoms with E-state index < -0.39 is 0 Å². The summed E-state index contributed by atoms with van der Waals surface area (Å²) < 4.78 is 3.00. The normalized spacial score (nSPS) is 12.5. The molecule has 2 heterocycles. The van der Waals surface area contributed by atoms with Gasteiger partial charge in [-0.2, -0.15) is 0 Å². The van der Waals surface area contributed by atoms with Crippen LogP contribution in [0.4, 0.5) is 5.82 Å². The third kappa shape index (κ3) is 1.89. The molecule has 1 aromatic carbocycles. The zero-order valence-electron chi connectivity index (χ0n) is 12.5. The second kappa shape index (κ2) is 4.21. The number of hydrogen-bond acceptors (Lipinski definition) is 1. The summed E-state index contributed by atoms with van der Waals surface area (Å²) in [4.78, 5) is 4.80. The van der Waals surface area contributed by atoms with Gasteiger partial charge in [0, 0.05) is 16.1 Å². The molecule has 0 saturated heterocycles. The fourth-order valence-electron chi connectivity index (χ4n) is 2.97. The molecule has 0 amide bonds. The Morgan fingerprint density at radius 1 is 1.10 bits per heavy atom. The van der Waals surface area contributed by atoms with E-state index in [-0.39, 0.29) is 0 Å². The highest BCUT2D eigenvalue weighted by Crippen LogP contribution is 2.31. The molecule has 3 rings (SSSR count). The molecular weight excluding hydrogens is 270 g/mol. The Labute approximate surface area is 124 Å². The van der Waals surface area contributed by atoms with Crippen LogP contribution in [0.1, 0.15) is 11.4 Å². The van der Waals surface area contributed by atoms with Crippen molar-refractivity contribution in [2.75, 3.05) is 21.1 Å².